The second-order valence-corrected chi connectivity index (χ2v) is 13.7. The Morgan fingerprint density at radius 2 is 1.54 bits per heavy atom. The molecule has 14 heteroatoms. The van der Waals surface area contributed by atoms with Gasteiger partial charge in [0.05, 0.1) is 16.2 Å². The van der Waals surface area contributed by atoms with Crippen molar-refractivity contribution < 1.29 is 42.3 Å². The molecule has 0 aliphatic carbocycles. The monoisotopic (exact) mass is 669 g/mol. The largest absolute Gasteiger partial charge is 0.451 e. The summed E-state index contributed by atoms with van der Waals surface area (Å²) in [4.78, 5) is 56.6. The van der Waals surface area contributed by atoms with Crippen LogP contribution in [0.4, 0.5) is 5.69 Å². The summed E-state index contributed by atoms with van der Waals surface area (Å²) in [5, 5.41) is 20.8. The lowest BCUT2D eigenvalue weighted by molar-refractivity contribution is -0.384. The van der Waals surface area contributed by atoms with Crippen LogP contribution >= 0.6 is 0 Å². The topological polar surface area (TPSA) is 183 Å². The molecule has 244 valence electrons. The maximum atomic E-state index is 14.4. The lowest BCUT2D eigenvalue weighted by Gasteiger charge is -2.39. The normalized spacial score (nSPS) is 22.4. The van der Waals surface area contributed by atoms with Crippen molar-refractivity contribution in [2.75, 3.05) is 0 Å². The number of rotatable bonds is 9. The number of fused-ring (bicyclic) bond motifs is 1. The van der Waals surface area contributed by atoms with Crippen molar-refractivity contribution in [3.63, 3.8) is 0 Å². The molecule has 2 fully saturated rings. The number of nitro benzene ring substituents is 1. The fourth-order valence-corrected chi connectivity index (χ4v) is 8.33. The first-order valence-corrected chi connectivity index (χ1v) is 16.1. The van der Waals surface area contributed by atoms with Crippen molar-refractivity contribution in [1.29, 1.82) is 0 Å². The fourth-order valence-electron chi connectivity index (χ4n) is 5.90. The lowest BCUT2D eigenvalue weighted by atomic mass is 9.89. The van der Waals surface area contributed by atoms with Gasteiger partial charge in [-0.1, -0.05) is 66.7 Å². The van der Waals surface area contributed by atoms with E-state index in [4.69, 9.17) is 9.47 Å². The van der Waals surface area contributed by atoms with Gasteiger partial charge >= 0.3 is 11.9 Å². The molecule has 2 aliphatic rings. The molecule has 3 heterocycles. The Morgan fingerprint density at radius 1 is 0.958 bits per heavy atom. The van der Waals surface area contributed by atoms with Crippen molar-refractivity contribution in [2.24, 2.45) is 0 Å². The first-order chi connectivity index (χ1) is 22.9. The molecule has 0 bridgehead atoms. The van der Waals surface area contributed by atoms with Gasteiger partial charge < -0.3 is 19.5 Å². The SMILES string of the molecule is C[C@]1(C(O)C(=O)Oc2ccc([N+](=O)[O-])cc2)[C@H](C(=O)OC(c2ccccc2)c2ccccc2)N2C(=O)/C(=C/c3ccccn3)C2S1(=O)=O. The molecule has 13 nitrogen and oxygen atoms in total. The Morgan fingerprint density at radius 3 is 2.08 bits per heavy atom. The number of hydrogen-bond donors (Lipinski definition) is 1. The van der Waals surface area contributed by atoms with Gasteiger partial charge in [0.2, 0.25) is 0 Å². The standard InChI is InChI=1S/C34H27N3O10S/c1-34(29(38)33(41)46-25-17-15-24(16-18-25)37(42)43)28(32(40)47-27(21-10-4-2-5-11-21)22-12-6-3-7-13-22)36-30(39)26(31(36)48(34,44)45)20-23-14-8-9-19-35-23/h2-20,27-29,31,38H,1H3/b26-20-/t28-,29?,31?,34+/m0/s1. The quantitative estimate of drug-likeness (QED) is 0.0688. The number of β-lactam (4-membered cyclic amide) rings is 1. The molecule has 0 spiro atoms. The smallest absolute Gasteiger partial charge is 0.342 e. The van der Waals surface area contributed by atoms with E-state index in [1.165, 1.54) is 12.3 Å². The second-order valence-electron chi connectivity index (χ2n) is 11.3. The fraction of sp³-hybridized carbons (Fsp3) is 0.176. The number of amides is 1. The van der Waals surface area contributed by atoms with Crippen LogP contribution in [0.5, 0.6) is 5.75 Å². The highest BCUT2D eigenvalue weighted by molar-refractivity contribution is 7.94. The van der Waals surface area contributed by atoms with Crippen molar-refractivity contribution in [1.82, 2.24) is 9.88 Å². The van der Waals surface area contributed by atoms with Crippen molar-refractivity contribution in [3.05, 3.63) is 142 Å². The van der Waals surface area contributed by atoms with E-state index in [9.17, 15) is 38.0 Å². The number of carbonyl (C=O) groups is 3. The van der Waals surface area contributed by atoms with E-state index < -0.39 is 61.0 Å². The van der Waals surface area contributed by atoms with Gasteiger partial charge in [-0.3, -0.25) is 19.9 Å². The molecule has 1 amide bonds. The lowest BCUT2D eigenvalue weighted by Crippen LogP contribution is -2.62. The Balaban J connectivity index is 1.41. The van der Waals surface area contributed by atoms with Crippen LogP contribution in [0.15, 0.2) is 115 Å². The second kappa shape index (κ2) is 12.5. The number of pyridine rings is 1. The average molecular weight is 670 g/mol. The number of ether oxygens (including phenoxy) is 2. The molecule has 4 atom stereocenters. The molecule has 2 saturated heterocycles. The van der Waals surface area contributed by atoms with Gasteiger partial charge in [-0.15, -0.1) is 0 Å². The zero-order chi connectivity index (χ0) is 34.2. The number of non-ortho nitro benzene ring substituents is 1. The average Bonchev–Trinajstić information content (AvgIpc) is 3.27. The summed E-state index contributed by atoms with van der Waals surface area (Å²) in [5.41, 5.74) is 0.841. The third-order valence-electron chi connectivity index (χ3n) is 8.41. The predicted octanol–water partition coefficient (Wildman–Crippen LogP) is 3.40. The first-order valence-electron chi connectivity index (χ1n) is 14.6. The Bertz CT molecular complexity index is 1980. The molecule has 4 aromatic rings. The minimum Gasteiger partial charge on any atom is -0.451 e. The highest BCUT2D eigenvalue weighted by atomic mass is 32.2. The van der Waals surface area contributed by atoms with Crippen molar-refractivity contribution in [3.8, 4) is 5.75 Å². The molecule has 3 aromatic carbocycles. The molecule has 0 saturated carbocycles. The first kappa shape index (κ1) is 32.2. The van der Waals surface area contributed by atoms with E-state index in [1.807, 2.05) is 0 Å². The molecule has 0 radical (unpaired) electrons. The number of aromatic nitrogens is 1. The van der Waals surface area contributed by atoms with Crippen LogP contribution in [0.1, 0.15) is 29.8 Å². The summed E-state index contributed by atoms with van der Waals surface area (Å²) < 4.78 is 37.3. The van der Waals surface area contributed by atoms with Gasteiger partial charge in [-0.05, 0) is 48.4 Å². The summed E-state index contributed by atoms with van der Waals surface area (Å²) in [5.74, 6) is -3.72. The predicted molar refractivity (Wildman–Crippen MR) is 170 cm³/mol. The van der Waals surface area contributed by atoms with E-state index in [0.717, 1.165) is 36.1 Å². The van der Waals surface area contributed by atoms with Crippen LogP contribution in [0.2, 0.25) is 0 Å². The summed E-state index contributed by atoms with van der Waals surface area (Å²) >= 11 is 0. The highest BCUT2D eigenvalue weighted by Gasteiger charge is 2.75. The van der Waals surface area contributed by atoms with Crippen LogP contribution in [0, 0.1) is 10.1 Å². The molecule has 1 aromatic heterocycles. The summed E-state index contributed by atoms with van der Waals surface area (Å²) in [6.07, 6.45) is -0.842. The maximum Gasteiger partial charge on any atom is 0.342 e. The number of nitrogens with zero attached hydrogens (tertiary/aromatic N) is 3. The number of aliphatic hydroxyl groups excluding tert-OH is 1. The van der Waals surface area contributed by atoms with Gasteiger partial charge in [0, 0.05) is 18.3 Å². The Kier molecular flexibility index (Phi) is 8.37. The van der Waals surface area contributed by atoms with Crippen LogP contribution in [0.3, 0.4) is 0 Å². The van der Waals surface area contributed by atoms with Crippen molar-refractivity contribution in [2.45, 2.75) is 35.3 Å². The summed E-state index contributed by atoms with van der Waals surface area (Å²) in [7, 11) is -4.78. The maximum absolute atomic E-state index is 14.4. The van der Waals surface area contributed by atoms with E-state index >= 15 is 0 Å². The minimum atomic E-state index is -4.78. The van der Waals surface area contributed by atoms with Crippen molar-refractivity contribution >= 4 is 39.4 Å². The van der Waals surface area contributed by atoms with Gasteiger partial charge in [0.1, 0.15) is 10.5 Å². The van der Waals surface area contributed by atoms with Crippen LogP contribution < -0.4 is 4.74 Å². The van der Waals surface area contributed by atoms with Crippen LogP contribution in [0.25, 0.3) is 6.08 Å². The molecular formula is C34H27N3O10S. The number of sulfone groups is 1. The van der Waals surface area contributed by atoms with E-state index in [0.29, 0.717) is 11.1 Å². The zero-order valence-corrected chi connectivity index (χ0v) is 26.0. The number of benzene rings is 3. The van der Waals surface area contributed by atoms with E-state index in [-0.39, 0.29) is 22.7 Å². The molecule has 2 aliphatic heterocycles. The summed E-state index contributed by atoms with van der Waals surface area (Å²) in [6.45, 7) is 0.986. The number of carbonyl (C=O) groups excluding carboxylic acids is 3. The van der Waals surface area contributed by atoms with Gasteiger partial charge in [-0.2, -0.15) is 0 Å². The number of esters is 2. The molecular weight excluding hydrogens is 642 g/mol. The van der Waals surface area contributed by atoms with Gasteiger partial charge in [0.25, 0.3) is 11.6 Å². The molecule has 48 heavy (non-hydrogen) atoms. The number of aliphatic hydroxyl groups is 1. The summed E-state index contributed by atoms with van der Waals surface area (Å²) in [6, 6.07) is 24.4. The van der Waals surface area contributed by atoms with Crippen LogP contribution in [-0.4, -0.2) is 68.4 Å². The molecule has 6 rings (SSSR count). The van der Waals surface area contributed by atoms with Crippen LogP contribution in [-0.2, 0) is 29.0 Å². The van der Waals surface area contributed by atoms with Gasteiger partial charge in [0.15, 0.2) is 33.5 Å². The molecule has 1 N–H and O–H groups in total. The number of hydrogen-bond acceptors (Lipinski definition) is 11. The molecule has 2 unspecified atom stereocenters. The van der Waals surface area contributed by atoms with E-state index in [2.05, 4.69) is 4.98 Å². The van der Waals surface area contributed by atoms with Gasteiger partial charge in [-0.25, -0.2) is 18.0 Å². The third-order valence-corrected chi connectivity index (χ3v) is 11.2. The van der Waals surface area contributed by atoms with E-state index in [1.54, 1.807) is 78.9 Å². The third kappa shape index (κ3) is 5.40. The minimum absolute atomic E-state index is 0.214. The Labute approximate surface area is 274 Å². The number of nitro groups is 1. The Hall–Kier alpha value is -5.73. The zero-order valence-electron chi connectivity index (χ0n) is 25.2. The highest BCUT2D eigenvalue weighted by Crippen LogP contribution is 2.51.